The summed E-state index contributed by atoms with van der Waals surface area (Å²) in [7, 11) is 0. The van der Waals surface area contributed by atoms with Crippen LogP contribution >= 0.6 is 0 Å². The molecule has 0 aliphatic carbocycles. The number of halogens is 3. The van der Waals surface area contributed by atoms with Gasteiger partial charge in [0.15, 0.2) is 0 Å². The van der Waals surface area contributed by atoms with Crippen molar-refractivity contribution in [3.8, 4) is 11.1 Å². The number of hydrogen-bond acceptors (Lipinski definition) is 4. The number of carbonyl (C=O) groups is 1. The van der Waals surface area contributed by atoms with Gasteiger partial charge < -0.3 is 11.1 Å². The fourth-order valence-electron chi connectivity index (χ4n) is 3.89. The molecule has 1 aliphatic rings. The highest BCUT2D eigenvalue weighted by atomic mass is 19.4. The molecule has 4 rings (SSSR count). The van der Waals surface area contributed by atoms with Crippen molar-refractivity contribution in [1.29, 1.82) is 0 Å². The molecule has 0 bridgehead atoms. The van der Waals surface area contributed by atoms with E-state index < -0.39 is 17.6 Å². The number of carbonyl (C=O) groups excluding carboxylic acids is 1. The van der Waals surface area contributed by atoms with Crippen LogP contribution < -0.4 is 11.1 Å². The van der Waals surface area contributed by atoms with Gasteiger partial charge in [-0.2, -0.15) is 13.2 Å². The number of nitrogens with one attached hydrogen (secondary N) is 1. The van der Waals surface area contributed by atoms with Gasteiger partial charge in [-0.15, -0.1) is 0 Å². The summed E-state index contributed by atoms with van der Waals surface area (Å²) in [6.07, 6.45) is 5.29. The second-order valence-electron chi connectivity index (χ2n) is 7.99. The van der Waals surface area contributed by atoms with Gasteiger partial charge in [0.25, 0.3) is 5.91 Å². The number of hydrogen-bond donors (Lipinski definition) is 2. The molecule has 1 aliphatic heterocycles. The third-order valence-electron chi connectivity index (χ3n) is 5.56. The largest absolute Gasteiger partial charge is 0.416 e. The number of primary amides is 1. The lowest BCUT2D eigenvalue weighted by Gasteiger charge is -2.23. The number of pyridine rings is 2. The summed E-state index contributed by atoms with van der Waals surface area (Å²) in [6.45, 7) is 2.34. The van der Waals surface area contributed by atoms with Gasteiger partial charge in [-0.1, -0.05) is 36.8 Å². The zero-order chi connectivity index (χ0) is 23.8. The molecular formula is C25H27F3N4O. The molecule has 1 fully saturated rings. The first-order chi connectivity index (χ1) is 15.8. The summed E-state index contributed by atoms with van der Waals surface area (Å²) in [5.41, 5.74) is 7.26. The Labute approximate surface area is 191 Å². The van der Waals surface area contributed by atoms with Crippen molar-refractivity contribution in [3.05, 3.63) is 83.4 Å². The number of nitrogens with two attached hydrogens (primary N) is 1. The van der Waals surface area contributed by atoms with E-state index in [1.807, 2.05) is 18.5 Å². The van der Waals surface area contributed by atoms with Crippen LogP contribution in [0.5, 0.6) is 0 Å². The number of piperidine rings is 1. The van der Waals surface area contributed by atoms with Crippen LogP contribution in [0.4, 0.5) is 13.2 Å². The predicted octanol–water partition coefficient (Wildman–Crippen LogP) is 4.94. The molecule has 0 saturated carbocycles. The molecule has 1 atom stereocenters. The number of aromatic nitrogens is 2. The molecular weight excluding hydrogens is 429 g/mol. The third kappa shape index (κ3) is 6.86. The lowest BCUT2D eigenvalue weighted by molar-refractivity contribution is -0.138. The SMILES string of the molecule is Cc1c(C(F)(F)F)ccnc1C(N)=O.c1cncc(-c2cccc(CC3CCCCN3)c2)c1. The summed E-state index contributed by atoms with van der Waals surface area (Å²) in [6, 6.07) is 14.4. The first-order valence-electron chi connectivity index (χ1n) is 10.8. The van der Waals surface area contributed by atoms with Gasteiger partial charge in [-0.25, -0.2) is 0 Å². The molecule has 1 saturated heterocycles. The minimum Gasteiger partial charge on any atom is -0.364 e. The zero-order valence-electron chi connectivity index (χ0n) is 18.4. The minimum absolute atomic E-state index is 0.243. The van der Waals surface area contributed by atoms with Crippen LogP contribution in [0.2, 0.25) is 0 Å². The van der Waals surface area contributed by atoms with Crippen LogP contribution in [0.3, 0.4) is 0 Å². The Kier molecular flexibility index (Phi) is 8.16. The zero-order valence-corrected chi connectivity index (χ0v) is 18.4. The molecule has 0 radical (unpaired) electrons. The summed E-state index contributed by atoms with van der Waals surface area (Å²) in [5.74, 6) is -0.964. The van der Waals surface area contributed by atoms with E-state index in [2.05, 4.69) is 45.6 Å². The van der Waals surface area contributed by atoms with Gasteiger partial charge in [-0.3, -0.25) is 14.8 Å². The van der Waals surface area contributed by atoms with Crippen LogP contribution in [-0.4, -0.2) is 28.5 Å². The molecule has 174 valence electrons. The maximum Gasteiger partial charge on any atom is 0.416 e. The van der Waals surface area contributed by atoms with Crippen LogP contribution in [-0.2, 0) is 12.6 Å². The smallest absolute Gasteiger partial charge is 0.364 e. The highest BCUT2D eigenvalue weighted by molar-refractivity contribution is 5.92. The van der Waals surface area contributed by atoms with Gasteiger partial charge in [0, 0.05) is 24.6 Å². The highest BCUT2D eigenvalue weighted by Gasteiger charge is 2.33. The molecule has 3 heterocycles. The standard InChI is InChI=1S/C17H20N2.C8H7F3N2O/c1-2-10-19-17(8-1)12-14-5-3-6-15(11-14)16-7-4-9-18-13-16;1-4-5(8(9,10)11)2-3-13-6(4)7(12)14/h3-7,9,11,13,17,19H,1-2,8,10,12H2;2-3H,1H3,(H2,12,14). The van der Waals surface area contributed by atoms with Gasteiger partial charge >= 0.3 is 6.18 Å². The first-order valence-corrected chi connectivity index (χ1v) is 10.8. The van der Waals surface area contributed by atoms with Crippen LogP contribution in [0.15, 0.2) is 61.1 Å². The number of nitrogens with zero attached hydrogens (tertiary/aromatic N) is 2. The average molecular weight is 457 g/mol. The van der Waals surface area contributed by atoms with Crippen molar-refractivity contribution in [1.82, 2.24) is 15.3 Å². The summed E-state index contributed by atoms with van der Waals surface area (Å²) >= 11 is 0. The predicted molar refractivity (Wildman–Crippen MR) is 122 cm³/mol. The molecule has 2 aromatic heterocycles. The molecule has 1 amide bonds. The minimum atomic E-state index is -4.49. The molecule has 1 unspecified atom stereocenters. The van der Waals surface area contributed by atoms with E-state index in [1.165, 1.54) is 42.5 Å². The first kappa shape index (κ1) is 24.4. The monoisotopic (exact) mass is 456 g/mol. The Morgan fingerprint density at radius 2 is 1.91 bits per heavy atom. The second kappa shape index (κ2) is 11.0. The molecule has 8 heteroatoms. The Morgan fingerprint density at radius 3 is 2.55 bits per heavy atom. The van der Waals surface area contributed by atoms with Crippen molar-refractivity contribution in [3.63, 3.8) is 0 Å². The van der Waals surface area contributed by atoms with Crippen LogP contribution in [0.25, 0.3) is 11.1 Å². The van der Waals surface area contributed by atoms with Gasteiger partial charge in [-0.05, 0) is 67.1 Å². The normalized spacial score (nSPS) is 15.9. The highest BCUT2D eigenvalue weighted by Crippen LogP contribution is 2.32. The molecule has 3 aromatic rings. The van der Waals surface area contributed by atoms with Crippen molar-refractivity contribution in [2.45, 2.75) is 44.8 Å². The second-order valence-corrected chi connectivity index (χ2v) is 7.99. The van der Waals surface area contributed by atoms with Crippen molar-refractivity contribution < 1.29 is 18.0 Å². The fraction of sp³-hybridized carbons (Fsp3) is 0.320. The van der Waals surface area contributed by atoms with E-state index >= 15 is 0 Å². The van der Waals surface area contributed by atoms with Crippen molar-refractivity contribution in [2.75, 3.05) is 6.54 Å². The van der Waals surface area contributed by atoms with E-state index in [1.54, 1.807) is 0 Å². The number of amides is 1. The summed E-state index contributed by atoms with van der Waals surface area (Å²) in [5, 5.41) is 3.61. The van der Waals surface area contributed by atoms with E-state index in [9.17, 15) is 18.0 Å². The van der Waals surface area contributed by atoms with Crippen molar-refractivity contribution in [2.24, 2.45) is 5.73 Å². The number of alkyl halides is 3. The van der Waals surface area contributed by atoms with E-state index in [0.29, 0.717) is 6.04 Å². The lowest BCUT2D eigenvalue weighted by atomic mass is 9.96. The molecule has 1 aromatic carbocycles. The Hall–Kier alpha value is -3.26. The van der Waals surface area contributed by atoms with Gasteiger partial charge in [0.1, 0.15) is 5.69 Å². The molecule has 33 heavy (non-hydrogen) atoms. The maximum atomic E-state index is 12.3. The van der Waals surface area contributed by atoms with Crippen molar-refractivity contribution >= 4 is 5.91 Å². The average Bonchev–Trinajstić information content (AvgIpc) is 2.80. The van der Waals surface area contributed by atoms with Gasteiger partial charge in [0.2, 0.25) is 0 Å². The lowest BCUT2D eigenvalue weighted by Crippen LogP contribution is -2.35. The van der Waals surface area contributed by atoms with E-state index in [4.69, 9.17) is 5.73 Å². The van der Waals surface area contributed by atoms with E-state index in [-0.39, 0.29) is 11.3 Å². The quantitative estimate of drug-likeness (QED) is 0.583. The van der Waals surface area contributed by atoms with Gasteiger partial charge in [0.05, 0.1) is 5.56 Å². The molecule has 0 spiro atoms. The number of rotatable bonds is 4. The molecule has 3 N–H and O–H groups in total. The topological polar surface area (TPSA) is 80.9 Å². The maximum absolute atomic E-state index is 12.3. The number of benzene rings is 1. The fourth-order valence-corrected chi connectivity index (χ4v) is 3.89. The summed E-state index contributed by atoms with van der Waals surface area (Å²) in [4.78, 5) is 18.4. The van der Waals surface area contributed by atoms with E-state index in [0.717, 1.165) is 25.6 Å². The van der Waals surface area contributed by atoms with Crippen LogP contribution in [0, 0.1) is 6.92 Å². The summed E-state index contributed by atoms with van der Waals surface area (Å²) < 4.78 is 36.9. The molecule has 5 nitrogen and oxygen atoms in total. The Bertz CT molecular complexity index is 1060. The van der Waals surface area contributed by atoms with Crippen LogP contribution in [0.1, 0.15) is 46.4 Å². The third-order valence-corrected chi connectivity index (χ3v) is 5.56. The Morgan fingerprint density at radius 1 is 1.12 bits per heavy atom. The Balaban J connectivity index is 0.000000196.